The van der Waals surface area contributed by atoms with Crippen molar-refractivity contribution in [1.82, 2.24) is 0 Å². The zero-order valence-electron chi connectivity index (χ0n) is 32.6. The van der Waals surface area contributed by atoms with Crippen molar-refractivity contribution in [3.8, 4) is 0 Å². The van der Waals surface area contributed by atoms with E-state index in [0.29, 0.717) is 0 Å². The molecule has 0 unspecified atom stereocenters. The van der Waals surface area contributed by atoms with Gasteiger partial charge in [0.15, 0.2) is 0 Å². The molecule has 0 aliphatic heterocycles. The average Bonchev–Trinajstić information content (AvgIpc) is 3.73. The van der Waals surface area contributed by atoms with Gasteiger partial charge in [0.05, 0.1) is 0 Å². The van der Waals surface area contributed by atoms with E-state index in [-0.39, 0.29) is 37.6 Å². The summed E-state index contributed by atoms with van der Waals surface area (Å²) in [6.07, 6.45) is 7.72. The number of aryl methyl sites for hydroxylation is 2. The smallest absolute Gasteiger partial charge is 0.161 e. The van der Waals surface area contributed by atoms with Crippen LogP contribution in [0, 0.1) is 23.7 Å². The van der Waals surface area contributed by atoms with Gasteiger partial charge in [-0.05, 0) is 72.3 Å². The van der Waals surface area contributed by atoms with E-state index < -0.39 is 0 Å². The second-order valence-corrected chi connectivity index (χ2v) is 20.2. The van der Waals surface area contributed by atoms with Crippen molar-refractivity contribution >= 4 is 48.0 Å². The SMILES string of the molecule is CC(C)CP(CC(C)C)c1cc2ccccc2[cH-]1.CC(C)CP(CC(C)C)c1cc2ccccc2[cH-]1.[Ti+2].c1ccc(CCc2ccccc2)cc1. The monoisotopic (exact) mass is 748 g/mol. The quantitative estimate of drug-likeness (QED) is 0.0627. The molecule has 0 saturated heterocycles. The number of fused-ring (bicyclic) bond motifs is 2. The Morgan fingerprint density at radius 3 is 1.00 bits per heavy atom. The topological polar surface area (TPSA) is 0 Å². The molecule has 3 heteroatoms. The van der Waals surface area contributed by atoms with Gasteiger partial charge in [0, 0.05) is 0 Å². The van der Waals surface area contributed by atoms with Crippen LogP contribution in [0.25, 0.3) is 21.5 Å². The number of rotatable bonds is 13. The van der Waals surface area contributed by atoms with Gasteiger partial charge in [-0.3, -0.25) is 0 Å². The number of hydrogen-bond acceptors (Lipinski definition) is 0. The number of hydrogen-bond donors (Lipinski definition) is 0. The van der Waals surface area contributed by atoms with Crippen molar-refractivity contribution in [1.29, 1.82) is 0 Å². The Bertz CT molecular complexity index is 1560. The van der Waals surface area contributed by atoms with E-state index in [4.69, 9.17) is 0 Å². The van der Waals surface area contributed by atoms with Crippen molar-refractivity contribution in [3.05, 3.63) is 145 Å². The molecule has 0 saturated carbocycles. The van der Waals surface area contributed by atoms with Gasteiger partial charge in [0.1, 0.15) is 0 Å². The summed E-state index contributed by atoms with van der Waals surface area (Å²) in [4.78, 5) is 0. The fourth-order valence-corrected chi connectivity index (χ4v) is 12.5. The van der Waals surface area contributed by atoms with Gasteiger partial charge in [-0.2, -0.15) is 12.1 Å². The van der Waals surface area contributed by atoms with E-state index >= 15 is 0 Å². The second kappa shape index (κ2) is 22.7. The van der Waals surface area contributed by atoms with Crippen LogP contribution in [0.4, 0.5) is 0 Å². The minimum atomic E-state index is 0. The molecule has 6 aromatic carbocycles. The molecule has 0 bridgehead atoms. The van der Waals surface area contributed by atoms with Gasteiger partial charge in [0.25, 0.3) is 0 Å². The first-order chi connectivity index (χ1) is 24.1. The first-order valence-corrected chi connectivity index (χ1v) is 22.4. The molecule has 51 heavy (non-hydrogen) atoms. The molecular weight excluding hydrogens is 686 g/mol. The number of benzene rings is 4. The van der Waals surface area contributed by atoms with Gasteiger partial charge < -0.3 is 0 Å². The molecule has 268 valence electrons. The molecular formula is C48H62P2Ti. The third-order valence-electron chi connectivity index (χ3n) is 8.67. The van der Waals surface area contributed by atoms with Crippen LogP contribution in [-0.4, -0.2) is 24.6 Å². The predicted octanol–water partition coefficient (Wildman–Crippen LogP) is 13.4. The normalized spacial score (nSPS) is 11.3. The van der Waals surface area contributed by atoms with Crippen molar-refractivity contribution in [2.45, 2.75) is 68.2 Å². The average molecular weight is 749 g/mol. The maximum atomic E-state index is 2.42. The summed E-state index contributed by atoms with van der Waals surface area (Å²) in [7, 11) is 0.0370. The molecule has 6 rings (SSSR count). The minimum absolute atomic E-state index is 0. The van der Waals surface area contributed by atoms with E-state index in [0.717, 1.165) is 36.5 Å². The Balaban J connectivity index is 0.000000206. The van der Waals surface area contributed by atoms with Crippen LogP contribution in [0.2, 0.25) is 0 Å². The van der Waals surface area contributed by atoms with Crippen LogP contribution in [0.1, 0.15) is 66.5 Å². The Kier molecular flexibility index (Phi) is 19.2. The van der Waals surface area contributed by atoms with Crippen LogP contribution in [0.15, 0.2) is 133 Å². The third-order valence-corrected chi connectivity index (χ3v) is 15.3. The molecule has 0 nitrogen and oxygen atoms in total. The molecule has 0 radical (unpaired) electrons. The molecule has 0 aromatic heterocycles. The van der Waals surface area contributed by atoms with E-state index in [1.54, 1.807) is 10.6 Å². The molecule has 0 N–H and O–H groups in total. The van der Waals surface area contributed by atoms with Gasteiger partial charge in [-0.15, -0.1) is 80.7 Å². The van der Waals surface area contributed by atoms with E-state index in [1.807, 2.05) is 0 Å². The molecule has 0 atom stereocenters. The molecule has 0 spiro atoms. The zero-order chi connectivity index (χ0) is 35.9. The summed E-state index contributed by atoms with van der Waals surface area (Å²) in [5.41, 5.74) is 2.83. The first kappa shape index (κ1) is 43.1. The molecule has 0 heterocycles. The molecule has 0 fully saturated rings. The summed E-state index contributed by atoms with van der Waals surface area (Å²) in [6, 6.07) is 48.4. The van der Waals surface area contributed by atoms with Crippen molar-refractivity contribution in [2.24, 2.45) is 23.7 Å². The second-order valence-electron chi connectivity index (χ2n) is 15.5. The van der Waals surface area contributed by atoms with Crippen molar-refractivity contribution in [2.75, 3.05) is 24.6 Å². The van der Waals surface area contributed by atoms with Gasteiger partial charge in [-0.25, -0.2) is 0 Å². The summed E-state index contributed by atoms with van der Waals surface area (Å²) < 4.78 is 0. The van der Waals surface area contributed by atoms with Crippen molar-refractivity contribution < 1.29 is 21.7 Å². The summed E-state index contributed by atoms with van der Waals surface area (Å²) in [5.74, 6) is 3.20. The largest absolute Gasteiger partial charge is 2.00 e. The Hall–Kier alpha value is -2.33. The van der Waals surface area contributed by atoms with E-state index in [2.05, 4.69) is 189 Å². The fraction of sp³-hybridized carbons (Fsp3) is 0.375. The first-order valence-electron chi connectivity index (χ1n) is 19.0. The molecule has 0 amide bonds. The minimum Gasteiger partial charge on any atom is -0.161 e. The Morgan fingerprint density at radius 2 is 0.706 bits per heavy atom. The molecule has 6 aromatic rings. The fourth-order valence-electron chi connectivity index (χ4n) is 6.55. The maximum absolute atomic E-state index is 2.42. The van der Waals surface area contributed by atoms with E-state index in [1.165, 1.54) is 57.3 Å². The van der Waals surface area contributed by atoms with Crippen molar-refractivity contribution in [3.63, 3.8) is 0 Å². The van der Waals surface area contributed by atoms with Crippen LogP contribution >= 0.6 is 15.8 Å². The summed E-state index contributed by atoms with van der Waals surface area (Å²) in [6.45, 7) is 18.8. The zero-order valence-corrected chi connectivity index (χ0v) is 36.0. The standard InChI is InChI=1S/2C17H24P.C14H14.Ti/c2*1-13(2)11-18(12-14(3)4)17-9-15-7-5-6-8-16(15)10-17;1-3-7-13(8-4-1)11-12-14-9-5-2-6-10-14;/h2*5-10,13-14H,11-12H2,1-4H3;1-10H,11-12H2;/q2*-1;;+2. The van der Waals surface area contributed by atoms with Gasteiger partial charge in [0.2, 0.25) is 0 Å². The molecule has 0 aliphatic carbocycles. The van der Waals surface area contributed by atoms with Crippen LogP contribution in [0.5, 0.6) is 0 Å². The maximum Gasteiger partial charge on any atom is 2.00 e. The van der Waals surface area contributed by atoms with Crippen LogP contribution in [-0.2, 0) is 34.6 Å². The van der Waals surface area contributed by atoms with Gasteiger partial charge in [-0.1, -0.05) is 144 Å². The Morgan fingerprint density at radius 1 is 0.412 bits per heavy atom. The Labute approximate surface area is 329 Å². The summed E-state index contributed by atoms with van der Waals surface area (Å²) in [5, 5.41) is 8.85. The van der Waals surface area contributed by atoms with E-state index in [9.17, 15) is 0 Å². The van der Waals surface area contributed by atoms with Crippen LogP contribution < -0.4 is 10.6 Å². The summed E-state index contributed by atoms with van der Waals surface area (Å²) >= 11 is 0. The third kappa shape index (κ3) is 15.3. The molecule has 0 aliphatic rings. The predicted molar refractivity (Wildman–Crippen MR) is 231 cm³/mol. The van der Waals surface area contributed by atoms with Crippen LogP contribution in [0.3, 0.4) is 0 Å². The van der Waals surface area contributed by atoms with Gasteiger partial charge >= 0.3 is 21.7 Å².